The van der Waals surface area contributed by atoms with Crippen molar-refractivity contribution in [1.29, 1.82) is 0 Å². The van der Waals surface area contributed by atoms with E-state index in [2.05, 4.69) is 29.6 Å². The van der Waals surface area contributed by atoms with Gasteiger partial charge in [0.05, 0.1) is 6.61 Å². The van der Waals surface area contributed by atoms with E-state index < -0.39 is 0 Å². The second kappa shape index (κ2) is 7.57. The summed E-state index contributed by atoms with van der Waals surface area (Å²) in [6.45, 7) is 5.13. The average Bonchev–Trinajstić information content (AvgIpc) is 2.33. The zero-order chi connectivity index (χ0) is 11.2. The molecule has 1 atom stereocenters. The summed E-state index contributed by atoms with van der Waals surface area (Å²) in [5.74, 6) is 1.79. The van der Waals surface area contributed by atoms with Gasteiger partial charge in [0.15, 0.2) is 0 Å². The molecule has 1 aromatic carbocycles. The van der Waals surface area contributed by atoms with Crippen molar-refractivity contribution < 1.29 is 4.74 Å². The maximum absolute atomic E-state index is 5.44. The van der Waals surface area contributed by atoms with Crippen LogP contribution in [0.25, 0.3) is 0 Å². The van der Waals surface area contributed by atoms with Crippen molar-refractivity contribution in [3.05, 3.63) is 29.8 Å². The van der Waals surface area contributed by atoms with Gasteiger partial charge in [-0.3, -0.25) is 0 Å². The second-order valence-corrected chi connectivity index (χ2v) is 4.49. The quantitative estimate of drug-likeness (QED) is 0.893. The molecule has 1 aliphatic rings. The lowest BCUT2D eigenvalue weighted by molar-refractivity contribution is 0.340. The van der Waals surface area contributed by atoms with Crippen LogP contribution in [0.5, 0.6) is 5.75 Å². The van der Waals surface area contributed by atoms with Gasteiger partial charge in [-0.2, -0.15) is 0 Å². The molecule has 1 unspecified atom stereocenters. The summed E-state index contributed by atoms with van der Waals surface area (Å²) in [6, 6.07) is 8.55. The smallest absolute Gasteiger partial charge is 0.119 e. The molecule has 1 aromatic rings. The predicted octanol–water partition coefficient (Wildman–Crippen LogP) is 3.05. The first-order valence-electron chi connectivity index (χ1n) is 6.31. The predicted molar refractivity (Wildman–Crippen MR) is 74.2 cm³/mol. The van der Waals surface area contributed by atoms with E-state index in [1.54, 1.807) is 0 Å². The van der Waals surface area contributed by atoms with E-state index in [9.17, 15) is 0 Å². The van der Waals surface area contributed by atoms with E-state index in [0.29, 0.717) is 0 Å². The number of halogens is 1. The van der Waals surface area contributed by atoms with Crippen LogP contribution < -0.4 is 10.1 Å². The fraction of sp³-hybridized carbons (Fsp3) is 0.571. The van der Waals surface area contributed by atoms with Crippen molar-refractivity contribution in [2.45, 2.75) is 26.2 Å². The largest absolute Gasteiger partial charge is 0.494 e. The molecular weight excluding hydrogens is 234 g/mol. The van der Waals surface area contributed by atoms with Crippen molar-refractivity contribution in [2.75, 3.05) is 19.7 Å². The second-order valence-electron chi connectivity index (χ2n) is 4.49. The number of piperidine rings is 1. The summed E-state index contributed by atoms with van der Waals surface area (Å²) in [5, 5.41) is 3.46. The normalized spacial score (nSPS) is 19.5. The van der Waals surface area contributed by atoms with E-state index in [0.717, 1.165) is 18.3 Å². The lowest BCUT2D eigenvalue weighted by Crippen LogP contribution is -2.30. The summed E-state index contributed by atoms with van der Waals surface area (Å²) in [6.07, 6.45) is 3.88. The lowest BCUT2D eigenvalue weighted by Gasteiger charge is -2.22. The third-order valence-electron chi connectivity index (χ3n) is 3.16. The third-order valence-corrected chi connectivity index (χ3v) is 3.16. The van der Waals surface area contributed by atoms with E-state index in [1.165, 1.54) is 37.9 Å². The Morgan fingerprint density at radius 1 is 1.29 bits per heavy atom. The fourth-order valence-corrected chi connectivity index (χ4v) is 2.32. The number of hydrogen-bond donors (Lipinski definition) is 1. The van der Waals surface area contributed by atoms with Crippen LogP contribution in [-0.2, 0) is 6.42 Å². The summed E-state index contributed by atoms with van der Waals surface area (Å²) >= 11 is 0. The zero-order valence-corrected chi connectivity index (χ0v) is 11.3. The van der Waals surface area contributed by atoms with Crippen LogP contribution >= 0.6 is 12.4 Å². The van der Waals surface area contributed by atoms with Gasteiger partial charge in [-0.25, -0.2) is 0 Å². The lowest BCUT2D eigenvalue weighted by atomic mass is 9.92. The average molecular weight is 256 g/mol. The highest BCUT2D eigenvalue weighted by Crippen LogP contribution is 2.18. The summed E-state index contributed by atoms with van der Waals surface area (Å²) in [4.78, 5) is 0. The molecule has 17 heavy (non-hydrogen) atoms. The maximum atomic E-state index is 5.44. The van der Waals surface area contributed by atoms with Gasteiger partial charge in [0, 0.05) is 0 Å². The van der Waals surface area contributed by atoms with Crippen molar-refractivity contribution in [3.63, 3.8) is 0 Å². The number of ether oxygens (including phenoxy) is 1. The van der Waals surface area contributed by atoms with Gasteiger partial charge in [0.1, 0.15) is 5.75 Å². The number of benzene rings is 1. The zero-order valence-electron chi connectivity index (χ0n) is 10.4. The van der Waals surface area contributed by atoms with Crippen molar-refractivity contribution >= 4 is 12.4 Å². The minimum absolute atomic E-state index is 0. The molecule has 1 saturated heterocycles. The number of rotatable bonds is 4. The van der Waals surface area contributed by atoms with Gasteiger partial charge in [-0.05, 0) is 62.9 Å². The first kappa shape index (κ1) is 14.3. The van der Waals surface area contributed by atoms with Gasteiger partial charge >= 0.3 is 0 Å². The van der Waals surface area contributed by atoms with Crippen LogP contribution in [-0.4, -0.2) is 19.7 Å². The Morgan fingerprint density at radius 2 is 2.06 bits per heavy atom. The van der Waals surface area contributed by atoms with E-state index >= 15 is 0 Å². The summed E-state index contributed by atoms with van der Waals surface area (Å²) in [5.41, 5.74) is 1.43. The molecule has 1 fully saturated rings. The first-order chi connectivity index (χ1) is 7.88. The van der Waals surface area contributed by atoms with Crippen LogP contribution in [0.3, 0.4) is 0 Å². The molecule has 96 valence electrons. The molecular formula is C14H22ClNO. The number of hydrogen-bond acceptors (Lipinski definition) is 2. The van der Waals surface area contributed by atoms with Gasteiger partial charge in [0.25, 0.3) is 0 Å². The van der Waals surface area contributed by atoms with Crippen LogP contribution in [0.4, 0.5) is 0 Å². The standard InChI is InChI=1S/C14H21NO.ClH/c1-2-16-14-7-5-12(6-8-14)10-13-4-3-9-15-11-13;/h5-8,13,15H,2-4,9-11H2,1H3;1H. The molecule has 0 aromatic heterocycles. The SMILES string of the molecule is CCOc1ccc(CC2CCCNC2)cc1.Cl. The molecule has 1 aliphatic heterocycles. The fourth-order valence-electron chi connectivity index (χ4n) is 2.32. The van der Waals surface area contributed by atoms with Gasteiger partial charge in [0.2, 0.25) is 0 Å². The molecule has 0 radical (unpaired) electrons. The van der Waals surface area contributed by atoms with Gasteiger partial charge < -0.3 is 10.1 Å². The summed E-state index contributed by atoms with van der Waals surface area (Å²) in [7, 11) is 0. The molecule has 1 heterocycles. The molecule has 3 heteroatoms. The van der Waals surface area contributed by atoms with E-state index in [1.807, 2.05) is 6.92 Å². The Kier molecular flexibility index (Phi) is 6.38. The number of nitrogens with one attached hydrogen (secondary N) is 1. The van der Waals surface area contributed by atoms with Crippen LogP contribution in [0, 0.1) is 5.92 Å². The molecule has 0 aliphatic carbocycles. The van der Waals surface area contributed by atoms with Crippen LogP contribution in [0.15, 0.2) is 24.3 Å². The summed E-state index contributed by atoms with van der Waals surface area (Å²) < 4.78 is 5.44. The molecule has 1 N–H and O–H groups in total. The van der Waals surface area contributed by atoms with Crippen molar-refractivity contribution in [2.24, 2.45) is 5.92 Å². The molecule has 0 amide bonds. The monoisotopic (exact) mass is 255 g/mol. The van der Waals surface area contributed by atoms with Crippen LogP contribution in [0.1, 0.15) is 25.3 Å². The highest BCUT2D eigenvalue weighted by Gasteiger charge is 2.13. The minimum Gasteiger partial charge on any atom is -0.494 e. The van der Waals surface area contributed by atoms with E-state index in [4.69, 9.17) is 4.74 Å². The highest BCUT2D eigenvalue weighted by atomic mass is 35.5. The maximum Gasteiger partial charge on any atom is 0.119 e. The molecule has 2 rings (SSSR count). The Morgan fingerprint density at radius 3 is 2.65 bits per heavy atom. The van der Waals surface area contributed by atoms with Gasteiger partial charge in [-0.1, -0.05) is 12.1 Å². The Hall–Kier alpha value is -0.730. The van der Waals surface area contributed by atoms with Crippen molar-refractivity contribution in [1.82, 2.24) is 5.32 Å². The van der Waals surface area contributed by atoms with Crippen LogP contribution in [0.2, 0.25) is 0 Å². The van der Waals surface area contributed by atoms with Crippen molar-refractivity contribution in [3.8, 4) is 5.75 Å². The molecule has 0 spiro atoms. The molecule has 2 nitrogen and oxygen atoms in total. The molecule has 0 bridgehead atoms. The Bertz CT molecular complexity index is 307. The van der Waals surface area contributed by atoms with E-state index in [-0.39, 0.29) is 12.4 Å². The highest BCUT2D eigenvalue weighted by molar-refractivity contribution is 5.85. The topological polar surface area (TPSA) is 21.3 Å². The van der Waals surface area contributed by atoms with Gasteiger partial charge in [-0.15, -0.1) is 12.4 Å². The third kappa shape index (κ3) is 4.57. The molecule has 0 saturated carbocycles. The Labute approximate surface area is 110 Å². The minimum atomic E-state index is 0. The first-order valence-corrected chi connectivity index (χ1v) is 6.31. The Balaban J connectivity index is 0.00000144.